The fourth-order valence-electron chi connectivity index (χ4n) is 2.28. The van der Waals surface area contributed by atoms with Crippen LogP contribution >= 0.6 is 0 Å². The second-order valence-corrected chi connectivity index (χ2v) is 4.73. The first-order valence-electron chi connectivity index (χ1n) is 6.84. The molecular weight excluding hydrogens is 316 g/mol. The summed E-state index contributed by atoms with van der Waals surface area (Å²) in [5, 5.41) is 19.4. The molecule has 0 unspecified atom stereocenters. The number of anilines is 2. The van der Waals surface area contributed by atoms with Crippen molar-refractivity contribution < 1.29 is 29.2 Å². The standard InChI is InChI=1S/C16H18N2O6/c1-22-13-6-9(7-14(23-2)15(13)24-3)18(16(17)21)11-5-4-10(19)8-12(11)20/h4-8,19-20H,1-3H3,(H2,17,21). The smallest absolute Gasteiger partial charge is 0.324 e. The van der Waals surface area contributed by atoms with Crippen molar-refractivity contribution in [3.8, 4) is 28.7 Å². The summed E-state index contributed by atoms with van der Waals surface area (Å²) in [6, 6.07) is 5.96. The fraction of sp³-hybridized carbons (Fsp3) is 0.188. The van der Waals surface area contributed by atoms with Gasteiger partial charge in [0.1, 0.15) is 11.5 Å². The zero-order chi connectivity index (χ0) is 17.9. The maximum atomic E-state index is 12.0. The number of carbonyl (C=O) groups excluding carboxylic acids is 1. The van der Waals surface area contributed by atoms with E-state index in [1.165, 1.54) is 45.6 Å². The number of nitrogens with zero attached hydrogens (tertiary/aromatic N) is 1. The molecule has 0 fully saturated rings. The monoisotopic (exact) mass is 334 g/mol. The minimum atomic E-state index is -0.842. The zero-order valence-corrected chi connectivity index (χ0v) is 13.4. The van der Waals surface area contributed by atoms with Crippen molar-refractivity contribution in [2.45, 2.75) is 0 Å². The molecule has 0 saturated carbocycles. The summed E-state index contributed by atoms with van der Waals surface area (Å²) in [4.78, 5) is 13.0. The lowest BCUT2D eigenvalue weighted by atomic mass is 10.2. The Bertz CT molecular complexity index is 737. The van der Waals surface area contributed by atoms with E-state index in [0.717, 1.165) is 11.0 Å². The van der Waals surface area contributed by atoms with Gasteiger partial charge in [-0.15, -0.1) is 0 Å². The predicted octanol–water partition coefficient (Wildman–Crippen LogP) is 2.34. The van der Waals surface area contributed by atoms with Crippen molar-refractivity contribution in [3.63, 3.8) is 0 Å². The van der Waals surface area contributed by atoms with Crippen LogP contribution in [-0.2, 0) is 0 Å². The number of hydrogen-bond acceptors (Lipinski definition) is 6. The molecule has 2 aromatic rings. The number of amides is 2. The van der Waals surface area contributed by atoms with E-state index in [-0.39, 0.29) is 22.9 Å². The average molecular weight is 334 g/mol. The van der Waals surface area contributed by atoms with Gasteiger partial charge in [0.05, 0.1) is 32.7 Å². The first-order valence-corrected chi connectivity index (χ1v) is 6.84. The number of ether oxygens (including phenoxy) is 3. The minimum absolute atomic E-state index is 0.0922. The van der Waals surface area contributed by atoms with Crippen LogP contribution in [-0.4, -0.2) is 37.6 Å². The summed E-state index contributed by atoms with van der Waals surface area (Å²) in [5.41, 5.74) is 5.84. The quantitative estimate of drug-likeness (QED) is 0.773. The lowest BCUT2D eigenvalue weighted by Gasteiger charge is -2.23. The van der Waals surface area contributed by atoms with E-state index in [9.17, 15) is 15.0 Å². The van der Waals surface area contributed by atoms with Gasteiger partial charge in [0, 0.05) is 18.2 Å². The van der Waals surface area contributed by atoms with E-state index >= 15 is 0 Å². The van der Waals surface area contributed by atoms with E-state index in [1.54, 1.807) is 0 Å². The minimum Gasteiger partial charge on any atom is -0.508 e. The van der Waals surface area contributed by atoms with Crippen LogP contribution in [0.1, 0.15) is 0 Å². The molecule has 8 heteroatoms. The Balaban J connectivity index is 2.66. The second-order valence-electron chi connectivity index (χ2n) is 4.73. The van der Waals surface area contributed by atoms with Gasteiger partial charge >= 0.3 is 6.03 Å². The molecule has 0 atom stereocenters. The van der Waals surface area contributed by atoms with E-state index in [1.807, 2.05) is 0 Å². The van der Waals surface area contributed by atoms with Crippen molar-refractivity contribution in [2.75, 3.05) is 26.2 Å². The number of benzene rings is 2. The van der Waals surface area contributed by atoms with E-state index in [4.69, 9.17) is 19.9 Å². The van der Waals surface area contributed by atoms with Gasteiger partial charge < -0.3 is 30.2 Å². The van der Waals surface area contributed by atoms with E-state index in [2.05, 4.69) is 0 Å². The van der Waals surface area contributed by atoms with Crippen LogP contribution in [0.15, 0.2) is 30.3 Å². The number of rotatable bonds is 5. The van der Waals surface area contributed by atoms with Crippen molar-refractivity contribution in [2.24, 2.45) is 5.73 Å². The molecule has 0 radical (unpaired) electrons. The topological polar surface area (TPSA) is 114 Å². The van der Waals surface area contributed by atoms with Gasteiger partial charge in [0.2, 0.25) is 5.75 Å². The highest BCUT2D eigenvalue weighted by Crippen LogP contribution is 2.44. The Labute approximate surface area is 138 Å². The molecule has 0 heterocycles. The number of methoxy groups -OCH3 is 3. The van der Waals surface area contributed by atoms with Crippen LogP contribution in [0.3, 0.4) is 0 Å². The molecule has 4 N–H and O–H groups in total. The SMILES string of the molecule is COc1cc(N(C(N)=O)c2ccc(O)cc2O)cc(OC)c1OC. The highest BCUT2D eigenvalue weighted by Gasteiger charge is 2.23. The molecule has 0 aliphatic carbocycles. The summed E-state index contributed by atoms with van der Waals surface area (Å²) in [5.74, 6) is 0.518. The molecular formula is C16H18N2O6. The molecule has 0 aromatic heterocycles. The molecule has 24 heavy (non-hydrogen) atoms. The van der Waals surface area contributed by atoms with Gasteiger partial charge in [-0.1, -0.05) is 0 Å². The molecule has 128 valence electrons. The molecule has 0 aliphatic heterocycles. The normalized spacial score (nSPS) is 10.1. The molecule has 0 aliphatic rings. The second kappa shape index (κ2) is 6.86. The molecule has 0 spiro atoms. The van der Waals surface area contributed by atoms with Gasteiger partial charge in [0.25, 0.3) is 0 Å². The highest BCUT2D eigenvalue weighted by atomic mass is 16.5. The van der Waals surface area contributed by atoms with E-state index < -0.39 is 6.03 Å². The summed E-state index contributed by atoms with van der Waals surface area (Å²) < 4.78 is 15.7. The summed E-state index contributed by atoms with van der Waals surface area (Å²) >= 11 is 0. The maximum absolute atomic E-state index is 12.0. The summed E-state index contributed by atoms with van der Waals surface area (Å²) in [7, 11) is 4.33. The lowest BCUT2D eigenvalue weighted by molar-refractivity contribution is 0.256. The molecule has 0 bridgehead atoms. The molecule has 8 nitrogen and oxygen atoms in total. The first kappa shape index (κ1) is 17.1. The van der Waals surface area contributed by atoms with Crippen LogP contribution in [0.2, 0.25) is 0 Å². The lowest BCUT2D eigenvalue weighted by Crippen LogP contribution is -2.31. The Morgan fingerprint density at radius 3 is 2.00 bits per heavy atom. The van der Waals surface area contributed by atoms with Crippen molar-refractivity contribution in [1.29, 1.82) is 0 Å². The molecule has 2 aromatic carbocycles. The van der Waals surface area contributed by atoms with Crippen LogP contribution < -0.4 is 24.8 Å². The van der Waals surface area contributed by atoms with Crippen molar-refractivity contribution in [3.05, 3.63) is 30.3 Å². The third-order valence-corrected chi connectivity index (χ3v) is 3.33. The van der Waals surface area contributed by atoms with Gasteiger partial charge in [-0.05, 0) is 12.1 Å². The Hall–Kier alpha value is -3.29. The van der Waals surface area contributed by atoms with Crippen LogP contribution in [0.5, 0.6) is 28.7 Å². The fourth-order valence-corrected chi connectivity index (χ4v) is 2.28. The van der Waals surface area contributed by atoms with Gasteiger partial charge in [-0.25, -0.2) is 4.79 Å². The van der Waals surface area contributed by atoms with Gasteiger partial charge in [-0.2, -0.15) is 0 Å². The Morgan fingerprint density at radius 2 is 1.58 bits per heavy atom. The van der Waals surface area contributed by atoms with Gasteiger partial charge in [-0.3, -0.25) is 4.90 Å². The Morgan fingerprint density at radius 1 is 1.00 bits per heavy atom. The predicted molar refractivity (Wildman–Crippen MR) is 87.6 cm³/mol. The molecule has 2 rings (SSSR count). The number of primary amides is 1. The molecule has 0 saturated heterocycles. The number of aromatic hydroxyl groups is 2. The van der Waals surface area contributed by atoms with Crippen LogP contribution in [0, 0.1) is 0 Å². The summed E-state index contributed by atoms with van der Waals surface area (Å²) in [6.45, 7) is 0. The third kappa shape index (κ3) is 3.07. The third-order valence-electron chi connectivity index (χ3n) is 3.33. The summed E-state index contributed by atoms with van der Waals surface area (Å²) in [6.07, 6.45) is 0. The number of phenols is 2. The number of nitrogens with two attached hydrogens (primary N) is 1. The average Bonchev–Trinajstić information content (AvgIpc) is 2.55. The van der Waals surface area contributed by atoms with Crippen LogP contribution in [0.25, 0.3) is 0 Å². The maximum Gasteiger partial charge on any atom is 0.324 e. The van der Waals surface area contributed by atoms with Crippen LogP contribution in [0.4, 0.5) is 16.2 Å². The number of phenolic OH excluding ortho intramolecular Hbond substituents is 2. The van der Waals surface area contributed by atoms with Crippen molar-refractivity contribution in [1.82, 2.24) is 0 Å². The Kier molecular flexibility index (Phi) is 4.88. The molecule has 2 amide bonds. The number of hydrogen-bond donors (Lipinski definition) is 3. The largest absolute Gasteiger partial charge is 0.508 e. The van der Waals surface area contributed by atoms with Crippen molar-refractivity contribution >= 4 is 17.4 Å². The number of carbonyl (C=O) groups is 1. The van der Waals surface area contributed by atoms with E-state index in [0.29, 0.717) is 17.2 Å². The van der Waals surface area contributed by atoms with Gasteiger partial charge in [0.15, 0.2) is 11.5 Å². The first-order chi connectivity index (χ1) is 11.4. The zero-order valence-electron chi connectivity index (χ0n) is 13.4. The highest BCUT2D eigenvalue weighted by molar-refractivity contribution is 6.00. The number of urea groups is 1.